The van der Waals surface area contributed by atoms with Gasteiger partial charge in [-0.3, -0.25) is 0 Å². The minimum atomic E-state index is -0.773. The van der Waals surface area contributed by atoms with Crippen LogP contribution in [0.5, 0.6) is 0 Å². The first-order valence-electron chi connectivity index (χ1n) is 11.4. The van der Waals surface area contributed by atoms with Crippen LogP contribution in [0.15, 0.2) is 121 Å². The smallest absolute Gasteiger partial charge is 0.110 e. The third-order valence-corrected chi connectivity index (χ3v) is 5.82. The Morgan fingerprint density at radius 1 is 0.455 bits per heavy atom. The van der Waals surface area contributed by atoms with Crippen molar-refractivity contribution in [3.05, 3.63) is 144 Å². The zero-order chi connectivity index (χ0) is 22.9. The molecule has 4 rings (SSSR count). The Bertz CT molecular complexity index is 980. The van der Waals surface area contributed by atoms with Crippen LogP contribution in [0.2, 0.25) is 0 Å². The van der Waals surface area contributed by atoms with Crippen molar-refractivity contribution in [1.82, 2.24) is 0 Å². The van der Waals surface area contributed by atoms with Crippen LogP contribution in [-0.4, -0.2) is 22.4 Å². The van der Waals surface area contributed by atoms with E-state index in [1.165, 1.54) is 0 Å². The van der Waals surface area contributed by atoms with E-state index in [4.69, 9.17) is 4.74 Å². The molecule has 0 heterocycles. The molecule has 0 aliphatic heterocycles. The highest BCUT2D eigenvalue weighted by molar-refractivity contribution is 5.24. The summed E-state index contributed by atoms with van der Waals surface area (Å²) in [4.78, 5) is 0. The summed E-state index contributed by atoms with van der Waals surface area (Å²) < 4.78 is 6.59. The number of hydrogen-bond acceptors (Lipinski definition) is 3. The van der Waals surface area contributed by atoms with E-state index < -0.39 is 24.4 Å². The minimum absolute atomic E-state index is 0.455. The monoisotopic (exact) mass is 438 g/mol. The fraction of sp³-hybridized carbons (Fsp3) is 0.200. The number of benzene rings is 4. The molecular formula is C30H30O3. The first-order valence-corrected chi connectivity index (χ1v) is 11.4. The van der Waals surface area contributed by atoms with Crippen molar-refractivity contribution in [2.45, 2.75) is 37.3 Å². The second kappa shape index (κ2) is 11.6. The van der Waals surface area contributed by atoms with Crippen LogP contribution < -0.4 is 0 Å². The summed E-state index contributed by atoms with van der Waals surface area (Å²) in [6, 6.07) is 39.3. The summed E-state index contributed by atoms with van der Waals surface area (Å²) in [5, 5.41) is 22.6. The van der Waals surface area contributed by atoms with Gasteiger partial charge < -0.3 is 14.9 Å². The van der Waals surface area contributed by atoms with Gasteiger partial charge in [0.25, 0.3) is 0 Å². The van der Waals surface area contributed by atoms with Gasteiger partial charge in [-0.15, -0.1) is 0 Å². The van der Waals surface area contributed by atoms with E-state index in [2.05, 4.69) is 0 Å². The number of rotatable bonds is 10. The number of hydrogen-bond donors (Lipinski definition) is 2. The molecule has 0 aliphatic carbocycles. The van der Waals surface area contributed by atoms with Crippen molar-refractivity contribution < 1.29 is 14.9 Å². The molecule has 4 aromatic carbocycles. The molecule has 0 fully saturated rings. The summed E-state index contributed by atoms with van der Waals surface area (Å²) in [6.07, 6.45) is -1.83. The molecule has 168 valence electrons. The van der Waals surface area contributed by atoms with Crippen molar-refractivity contribution in [3.63, 3.8) is 0 Å². The summed E-state index contributed by atoms with van der Waals surface area (Å²) in [6.45, 7) is 0. The Balaban J connectivity index is 1.63. The Labute approximate surface area is 195 Å². The number of aliphatic hydroxyl groups is 2. The molecule has 0 bridgehead atoms. The van der Waals surface area contributed by atoms with Gasteiger partial charge >= 0.3 is 0 Å². The van der Waals surface area contributed by atoms with Gasteiger partial charge in [0.05, 0.1) is 12.2 Å². The standard InChI is InChI=1S/C30H30O3/c31-27(21-23-13-5-1-6-14-23)29(25-17-9-3-10-18-25)33-30(26-19-11-4-12-20-26)28(32)22-24-15-7-2-8-16-24/h1-20,27-32H,21-22H2. The van der Waals surface area contributed by atoms with Crippen molar-refractivity contribution in [1.29, 1.82) is 0 Å². The molecule has 33 heavy (non-hydrogen) atoms. The number of ether oxygens (including phenoxy) is 1. The highest BCUT2D eigenvalue weighted by Crippen LogP contribution is 2.33. The van der Waals surface area contributed by atoms with Gasteiger partial charge in [-0.25, -0.2) is 0 Å². The summed E-state index contributed by atoms with van der Waals surface area (Å²) in [7, 11) is 0. The van der Waals surface area contributed by atoms with E-state index in [0.717, 1.165) is 22.3 Å². The third-order valence-electron chi connectivity index (χ3n) is 5.82. The average molecular weight is 439 g/mol. The highest BCUT2D eigenvalue weighted by atomic mass is 16.5. The van der Waals surface area contributed by atoms with Gasteiger partial charge in [-0.05, 0) is 22.3 Å². The molecule has 0 aromatic heterocycles. The normalized spacial score (nSPS) is 14.8. The van der Waals surface area contributed by atoms with Crippen molar-refractivity contribution >= 4 is 0 Å². The van der Waals surface area contributed by atoms with E-state index in [9.17, 15) is 10.2 Å². The minimum Gasteiger partial charge on any atom is -0.390 e. The van der Waals surface area contributed by atoms with Gasteiger partial charge in [0.1, 0.15) is 12.2 Å². The second-order valence-electron chi connectivity index (χ2n) is 8.31. The molecule has 0 saturated heterocycles. The molecule has 3 nitrogen and oxygen atoms in total. The molecule has 0 aliphatic rings. The molecule has 0 radical (unpaired) electrons. The fourth-order valence-electron chi connectivity index (χ4n) is 4.15. The summed E-state index contributed by atoms with van der Waals surface area (Å²) in [5.74, 6) is 0. The van der Waals surface area contributed by atoms with Crippen LogP contribution in [0, 0.1) is 0 Å². The number of aliphatic hydroxyl groups excluding tert-OH is 2. The van der Waals surface area contributed by atoms with Gasteiger partial charge in [0, 0.05) is 12.8 Å². The average Bonchev–Trinajstić information content (AvgIpc) is 2.87. The van der Waals surface area contributed by atoms with E-state index in [-0.39, 0.29) is 0 Å². The Kier molecular flexibility index (Phi) is 8.04. The Morgan fingerprint density at radius 3 is 1.09 bits per heavy atom. The van der Waals surface area contributed by atoms with Crippen LogP contribution in [0.4, 0.5) is 0 Å². The van der Waals surface area contributed by atoms with Crippen LogP contribution in [0.1, 0.15) is 34.5 Å². The molecule has 4 unspecified atom stereocenters. The largest absolute Gasteiger partial charge is 0.390 e. The van der Waals surface area contributed by atoms with E-state index >= 15 is 0 Å². The van der Waals surface area contributed by atoms with Crippen LogP contribution in [-0.2, 0) is 17.6 Å². The lowest BCUT2D eigenvalue weighted by Gasteiger charge is -2.32. The van der Waals surface area contributed by atoms with Gasteiger partial charge in [-0.1, -0.05) is 121 Å². The van der Waals surface area contributed by atoms with E-state index in [1.54, 1.807) is 0 Å². The summed E-state index contributed by atoms with van der Waals surface area (Å²) >= 11 is 0. The van der Waals surface area contributed by atoms with Gasteiger partial charge in [0.2, 0.25) is 0 Å². The topological polar surface area (TPSA) is 49.7 Å². The predicted octanol–water partition coefficient (Wildman–Crippen LogP) is 5.69. The molecule has 0 amide bonds. The SMILES string of the molecule is OC(Cc1ccccc1)C(OC(c1ccccc1)C(O)Cc1ccccc1)c1ccccc1. The lowest BCUT2D eigenvalue weighted by molar-refractivity contribution is -0.121. The first kappa shape index (κ1) is 22.9. The zero-order valence-electron chi connectivity index (χ0n) is 18.6. The lowest BCUT2D eigenvalue weighted by Crippen LogP contribution is -2.31. The molecule has 4 aromatic rings. The Morgan fingerprint density at radius 2 is 0.758 bits per heavy atom. The second-order valence-corrected chi connectivity index (χ2v) is 8.31. The van der Waals surface area contributed by atoms with Crippen LogP contribution >= 0.6 is 0 Å². The summed E-state index contributed by atoms with van der Waals surface area (Å²) in [5.41, 5.74) is 3.84. The molecule has 0 saturated carbocycles. The first-order chi connectivity index (χ1) is 16.2. The van der Waals surface area contributed by atoms with Crippen LogP contribution in [0.25, 0.3) is 0 Å². The van der Waals surface area contributed by atoms with Gasteiger partial charge in [-0.2, -0.15) is 0 Å². The third kappa shape index (κ3) is 6.39. The fourth-order valence-corrected chi connectivity index (χ4v) is 4.15. The molecule has 4 atom stereocenters. The van der Waals surface area contributed by atoms with Crippen LogP contribution in [0.3, 0.4) is 0 Å². The highest BCUT2D eigenvalue weighted by Gasteiger charge is 2.30. The van der Waals surface area contributed by atoms with Gasteiger partial charge in [0.15, 0.2) is 0 Å². The van der Waals surface area contributed by atoms with E-state index in [0.29, 0.717) is 12.8 Å². The molecule has 3 heteroatoms. The predicted molar refractivity (Wildman–Crippen MR) is 132 cm³/mol. The quantitative estimate of drug-likeness (QED) is 0.334. The van der Waals surface area contributed by atoms with Crippen molar-refractivity contribution in [3.8, 4) is 0 Å². The zero-order valence-corrected chi connectivity index (χ0v) is 18.6. The molecule has 2 N–H and O–H groups in total. The van der Waals surface area contributed by atoms with Crippen molar-refractivity contribution in [2.24, 2.45) is 0 Å². The van der Waals surface area contributed by atoms with E-state index in [1.807, 2.05) is 121 Å². The Hall–Kier alpha value is -3.24. The van der Waals surface area contributed by atoms with Crippen molar-refractivity contribution in [2.75, 3.05) is 0 Å². The molecule has 0 spiro atoms. The maximum atomic E-state index is 11.3. The molecular weight excluding hydrogens is 408 g/mol. The maximum Gasteiger partial charge on any atom is 0.110 e. The maximum absolute atomic E-state index is 11.3. The lowest BCUT2D eigenvalue weighted by atomic mass is 9.95.